The predicted molar refractivity (Wildman–Crippen MR) is 68.2 cm³/mol. The number of rotatable bonds is 3. The molecule has 0 amide bonds. The van der Waals surface area contributed by atoms with E-state index in [4.69, 9.17) is 4.74 Å². The quantitative estimate of drug-likeness (QED) is 0.768. The van der Waals surface area contributed by atoms with Gasteiger partial charge < -0.3 is 4.74 Å². The van der Waals surface area contributed by atoms with Crippen LogP contribution in [0.2, 0.25) is 0 Å². The Balaban J connectivity index is 2.26. The van der Waals surface area contributed by atoms with Crippen molar-refractivity contribution in [2.45, 2.75) is 26.4 Å². The third-order valence-corrected chi connectivity index (χ3v) is 3.43. The van der Waals surface area contributed by atoms with Crippen LogP contribution in [0.15, 0.2) is 42.2 Å². The number of benzene rings is 1. The zero-order valence-electron chi connectivity index (χ0n) is 10.8. The van der Waals surface area contributed by atoms with Crippen molar-refractivity contribution in [2.24, 2.45) is 5.92 Å². The van der Waals surface area contributed by atoms with Crippen molar-refractivity contribution >= 4 is 11.6 Å². The van der Waals surface area contributed by atoms with Crippen LogP contribution in [0.1, 0.15) is 31.1 Å². The number of hydrogen-bond acceptors (Lipinski definition) is 3. The Bertz CT molecular complexity index is 514. The van der Waals surface area contributed by atoms with Crippen molar-refractivity contribution in [2.75, 3.05) is 0 Å². The molecule has 1 aromatic rings. The number of hydrogen-bond donors (Lipinski definition) is 0. The Kier molecular flexibility index (Phi) is 3.07. The number of carbonyl (C=O) groups excluding carboxylic acids is 2. The molecule has 3 heteroatoms. The van der Waals surface area contributed by atoms with E-state index in [-0.39, 0.29) is 23.2 Å². The molecule has 0 saturated carbocycles. The molecule has 0 fully saturated rings. The molecule has 18 heavy (non-hydrogen) atoms. The summed E-state index contributed by atoms with van der Waals surface area (Å²) in [6.07, 6.45) is 1.31. The van der Waals surface area contributed by atoms with E-state index < -0.39 is 5.60 Å². The highest BCUT2D eigenvalue weighted by Gasteiger charge is 2.44. The summed E-state index contributed by atoms with van der Waals surface area (Å²) in [6.45, 7) is 5.53. The minimum Gasteiger partial charge on any atom is -0.475 e. The lowest BCUT2D eigenvalue weighted by Gasteiger charge is -2.27. The van der Waals surface area contributed by atoms with Crippen molar-refractivity contribution in [1.82, 2.24) is 0 Å². The standard InChI is InChI=1S/C15H16O3/c1-10(2)15(3)13(16)9-12(18-15)14(17)11-7-5-4-6-8-11/h4-10H,1-3H3. The lowest BCUT2D eigenvalue weighted by atomic mass is 9.89. The summed E-state index contributed by atoms with van der Waals surface area (Å²) in [7, 11) is 0. The van der Waals surface area contributed by atoms with Crippen molar-refractivity contribution < 1.29 is 14.3 Å². The Morgan fingerprint density at radius 3 is 2.33 bits per heavy atom. The van der Waals surface area contributed by atoms with Crippen LogP contribution in [0.3, 0.4) is 0 Å². The predicted octanol–water partition coefficient (Wildman–Crippen LogP) is 2.77. The normalized spacial score (nSPS) is 22.9. The second-order valence-corrected chi connectivity index (χ2v) is 4.93. The van der Waals surface area contributed by atoms with E-state index in [0.717, 1.165) is 0 Å². The molecule has 0 bridgehead atoms. The van der Waals surface area contributed by atoms with E-state index in [0.29, 0.717) is 5.56 Å². The van der Waals surface area contributed by atoms with Gasteiger partial charge in [-0.15, -0.1) is 0 Å². The maximum Gasteiger partial charge on any atom is 0.227 e. The Labute approximate surface area is 106 Å². The van der Waals surface area contributed by atoms with E-state index in [1.165, 1.54) is 6.08 Å². The van der Waals surface area contributed by atoms with E-state index in [1.807, 2.05) is 19.9 Å². The van der Waals surface area contributed by atoms with Crippen LogP contribution < -0.4 is 0 Å². The van der Waals surface area contributed by atoms with Gasteiger partial charge in [0.15, 0.2) is 11.4 Å². The minimum absolute atomic E-state index is 0.0160. The van der Waals surface area contributed by atoms with E-state index in [1.54, 1.807) is 31.2 Å². The van der Waals surface area contributed by atoms with E-state index in [9.17, 15) is 9.59 Å². The first-order valence-electron chi connectivity index (χ1n) is 6.00. The molecule has 1 unspecified atom stereocenters. The molecule has 0 aromatic heterocycles. The first-order chi connectivity index (χ1) is 8.45. The third-order valence-electron chi connectivity index (χ3n) is 3.43. The smallest absolute Gasteiger partial charge is 0.227 e. The zero-order chi connectivity index (χ0) is 13.3. The fraction of sp³-hybridized carbons (Fsp3) is 0.333. The molecular weight excluding hydrogens is 228 g/mol. The maximum absolute atomic E-state index is 12.2. The summed E-state index contributed by atoms with van der Waals surface area (Å²) < 4.78 is 5.60. The summed E-state index contributed by atoms with van der Waals surface area (Å²) in [5, 5.41) is 0. The number of ketones is 2. The van der Waals surface area contributed by atoms with Crippen LogP contribution in [0.25, 0.3) is 0 Å². The first-order valence-corrected chi connectivity index (χ1v) is 6.00. The molecule has 3 nitrogen and oxygen atoms in total. The number of carbonyl (C=O) groups is 2. The highest BCUT2D eigenvalue weighted by molar-refractivity contribution is 6.14. The molecule has 2 rings (SSSR count). The summed E-state index contributed by atoms with van der Waals surface area (Å²) >= 11 is 0. The number of ether oxygens (including phenoxy) is 1. The average molecular weight is 244 g/mol. The van der Waals surface area contributed by atoms with Gasteiger partial charge in [-0.1, -0.05) is 44.2 Å². The average Bonchev–Trinajstić information content (AvgIpc) is 2.67. The zero-order valence-corrected chi connectivity index (χ0v) is 10.8. The molecule has 1 atom stereocenters. The highest BCUT2D eigenvalue weighted by Crippen LogP contribution is 2.33. The summed E-state index contributed by atoms with van der Waals surface area (Å²) in [4.78, 5) is 24.1. The van der Waals surface area contributed by atoms with Gasteiger partial charge in [0.05, 0.1) is 0 Å². The van der Waals surface area contributed by atoms with Gasteiger partial charge in [-0.25, -0.2) is 0 Å². The van der Waals surface area contributed by atoms with Gasteiger partial charge in [-0.3, -0.25) is 9.59 Å². The summed E-state index contributed by atoms with van der Waals surface area (Å²) in [6, 6.07) is 8.83. The lowest BCUT2D eigenvalue weighted by molar-refractivity contribution is -0.132. The van der Waals surface area contributed by atoms with Crippen LogP contribution in [0, 0.1) is 5.92 Å². The van der Waals surface area contributed by atoms with Crippen LogP contribution in [-0.4, -0.2) is 17.2 Å². The van der Waals surface area contributed by atoms with Crippen LogP contribution in [0.5, 0.6) is 0 Å². The molecule has 0 spiro atoms. The maximum atomic E-state index is 12.2. The van der Waals surface area contributed by atoms with Gasteiger partial charge in [0.25, 0.3) is 0 Å². The van der Waals surface area contributed by atoms with Gasteiger partial charge >= 0.3 is 0 Å². The molecule has 1 aliphatic rings. The summed E-state index contributed by atoms with van der Waals surface area (Å²) in [5.41, 5.74) is -0.385. The lowest BCUT2D eigenvalue weighted by Crippen LogP contribution is -2.38. The van der Waals surface area contributed by atoms with Gasteiger partial charge in [0.1, 0.15) is 0 Å². The molecule has 0 saturated heterocycles. The SMILES string of the molecule is CC(C)C1(C)OC(C(=O)c2ccccc2)=CC1=O. The molecule has 1 aromatic carbocycles. The molecule has 0 N–H and O–H groups in total. The van der Waals surface area contributed by atoms with E-state index in [2.05, 4.69) is 0 Å². The Morgan fingerprint density at radius 2 is 1.83 bits per heavy atom. The third kappa shape index (κ3) is 1.96. The second-order valence-electron chi connectivity index (χ2n) is 4.93. The fourth-order valence-corrected chi connectivity index (χ4v) is 1.82. The van der Waals surface area contributed by atoms with Crippen LogP contribution in [0.4, 0.5) is 0 Å². The Hall–Kier alpha value is -1.90. The topological polar surface area (TPSA) is 43.4 Å². The van der Waals surface area contributed by atoms with Gasteiger partial charge in [0.2, 0.25) is 11.6 Å². The van der Waals surface area contributed by atoms with Gasteiger partial charge in [0, 0.05) is 17.6 Å². The number of allylic oxidation sites excluding steroid dienone is 1. The summed E-state index contributed by atoms with van der Waals surface area (Å²) in [5.74, 6) is -0.227. The molecule has 0 radical (unpaired) electrons. The first kappa shape index (κ1) is 12.6. The van der Waals surface area contributed by atoms with Crippen molar-refractivity contribution in [3.8, 4) is 0 Å². The van der Waals surface area contributed by atoms with Crippen molar-refractivity contribution in [3.63, 3.8) is 0 Å². The molecule has 1 heterocycles. The fourth-order valence-electron chi connectivity index (χ4n) is 1.82. The van der Waals surface area contributed by atoms with Crippen LogP contribution in [-0.2, 0) is 9.53 Å². The highest BCUT2D eigenvalue weighted by atomic mass is 16.5. The van der Waals surface area contributed by atoms with Gasteiger partial charge in [-0.05, 0) is 6.92 Å². The second kappa shape index (κ2) is 4.41. The van der Waals surface area contributed by atoms with Crippen molar-refractivity contribution in [3.05, 3.63) is 47.7 Å². The monoisotopic (exact) mass is 244 g/mol. The van der Waals surface area contributed by atoms with E-state index >= 15 is 0 Å². The molecule has 1 aliphatic heterocycles. The Morgan fingerprint density at radius 1 is 1.22 bits per heavy atom. The van der Waals surface area contributed by atoms with Gasteiger partial charge in [-0.2, -0.15) is 0 Å². The largest absolute Gasteiger partial charge is 0.475 e. The van der Waals surface area contributed by atoms with Crippen molar-refractivity contribution in [1.29, 1.82) is 0 Å². The molecule has 0 aliphatic carbocycles. The number of Topliss-reactive ketones (excluding diaryl/α,β-unsaturated/α-hetero) is 1. The molecule has 94 valence electrons. The minimum atomic E-state index is -0.917. The molecular formula is C15H16O3. The van der Waals surface area contributed by atoms with Crippen LogP contribution >= 0.6 is 0 Å².